The van der Waals surface area contributed by atoms with Crippen LogP contribution in [0.25, 0.3) is 0 Å². The van der Waals surface area contributed by atoms with E-state index in [0.29, 0.717) is 36.6 Å². The maximum atomic E-state index is 12.2. The number of anilines is 2. The standard InChI is InChI=1S/C22H24N4O3/c1-28-19-8-5-16(12-20(19)29-2)6-10-22(27)26-18-7-9-21(25-15-18)24-14-17-4-3-11-23-13-17/h3-5,7-9,11-13,15H,6,10,14H2,1-2H3,(H,24,25)(H,26,27). The van der Waals surface area contributed by atoms with Gasteiger partial charge in [0.25, 0.3) is 0 Å². The Hall–Kier alpha value is -3.61. The van der Waals surface area contributed by atoms with Crippen LogP contribution >= 0.6 is 0 Å². The number of methoxy groups -OCH3 is 2. The van der Waals surface area contributed by atoms with Crippen LogP contribution in [0.4, 0.5) is 11.5 Å². The number of carbonyl (C=O) groups is 1. The highest BCUT2D eigenvalue weighted by atomic mass is 16.5. The molecule has 0 unspecified atom stereocenters. The Bertz CT molecular complexity index is 931. The first-order chi connectivity index (χ1) is 14.2. The minimum Gasteiger partial charge on any atom is -0.493 e. The van der Waals surface area contributed by atoms with Crippen molar-refractivity contribution >= 4 is 17.4 Å². The Morgan fingerprint density at radius 1 is 1.00 bits per heavy atom. The van der Waals surface area contributed by atoms with Crippen molar-refractivity contribution in [2.45, 2.75) is 19.4 Å². The van der Waals surface area contributed by atoms with E-state index in [0.717, 1.165) is 16.9 Å². The van der Waals surface area contributed by atoms with Gasteiger partial charge in [-0.05, 0) is 47.9 Å². The maximum absolute atomic E-state index is 12.2. The summed E-state index contributed by atoms with van der Waals surface area (Å²) in [6, 6.07) is 13.2. The zero-order valence-corrected chi connectivity index (χ0v) is 16.5. The lowest BCUT2D eigenvalue weighted by molar-refractivity contribution is -0.116. The molecule has 150 valence electrons. The highest BCUT2D eigenvalue weighted by Gasteiger charge is 2.08. The van der Waals surface area contributed by atoms with Crippen LogP contribution in [0.15, 0.2) is 61.1 Å². The van der Waals surface area contributed by atoms with E-state index in [4.69, 9.17) is 9.47 Å². The van der Waals surface area contributed by atoms with Crippen molar-refractivity contribution in [2.75, 3.05) is 24.9 Å². The molecule has 0 fully saturated rings. The summed E-state index contributed by atoms with van der Waals surface area (Å²) in [4.78, 5) is 20.7. The molecule has 0 bridgehead atoms. The van der Waals surface area contributed by atoms with E-state index in [-0.39, 0.29) is 5.91 Å². The molecule has 0 saturated heterocycles. The van der Waals surface area contributed by atoms with Crippen LogP contribution in [-0.4, -0.2) is 30.1 Å². The second-order valence-corrected chi connectivity index (χ2v) is 6.38. The van der Waals surface area contributed by atoms with Crippen LogP contribution in [0.2, 0.25) is 0 Å². The third-order valence-electron chi connectivity index (χ3n) is 4.33. The van der Waals surface area contributed by atoms with Crippen molar-refractivity contribution in [2.24, 2.45) is 0 Å². The number of carbonyl (C=O) groups excluding carboxylic acids is 1. The fourth-order valence-corrected chi connectivity index (χ4v) is 2.79. The van der Waals surface area contributed by atoms with Gasteiger partial charge in [0.05, 0.1) is 26.1 Å². The van der Waals surface area contributed by atoms with Crippen LogP contribution in [0.3, 0.4) is 0 Å². The minimum atomic E-state index is -0.0716. The summed E-state index contributed by atoms with van der Waals surface area (Å²) in [7, 11) is 3.19. The number of nitrogens with zero attached hydrogens (tertiary/aromatic N) is 2. The van der Waals surface area contributed by atoms with E-state index >= 15 is 0 Å². The van der Waals surface area contributed by atoms with Gasteiger partial charge in [0.2, 0.25) is 5.91 Å². The lowest BCUT2D eigenvalue weighted by atomic mass is 10.1. The third kappa shape index (κ3) is 5.93. The van der Waals surface area contributed by atoms with Gasteiger partial charge < -0.3 is 20.1 Å². The molecule has 2 aromatic heterocycles. The first-order valence-electron chi connectivity index (χ1n) is 9.27. The van der Waals surface area contributed by atoms with E-state index in [1.165, 1.54) is 0 Å². The van der Waals surface area contributed by atoms with Gasteiger partial charge in [0.15, 0.2) is 11.5 Å². The van der Waals surface area contributed by atoms with Crippen molar-refractivity contribution in [1.29, 1.82) is 0 Å². The molecule has 1 aromatic carbocycles. The number of ether oxygens (including phenoxy) is 2. The molecule has 3 aromatic rings. The van der Waals surface area contributed by atoms with Crippen LogP contribution in [-0.2, 0) is 17.8 Å². The average molecular weight is 392 g/mol. The zero-order chi connectivity index (χ0) is 20.5. The van der Waals surface area contributed by atoms with Crippen molar-refractivity contribution in [3.63, 3.8) is 0 Å². The fourth-order valence-electron chi connectivity index (χ4n) is 2.79. The Labute approximate surface area is 170 Å². The lowest BCUT2D eigenvalue weighted by Gasteiger charge is -2.10. The molecule has 0 atom stereocenters. The number of nitrogens with one attached hydrogen (secondary N) is 2. The molecule has 0 aliphatic carbocycles. The number of benzene rings is 1. The maximum Gasteiger partial charge on any atom is 0.224 e. The van der Waals surface area contributed by atoms with Crippen molar-refractivity contribution < 1.29 is 14.3 Å². The molecular formula is C22H24N4O3. The number of hydrogen-bond donors (Lipinski definition) is 2. The van der Waals surface area contributed by atoms with Crippen LogP contribution < -0.4 is 20.1 Å². The monoisotopic (exact) mass is 392 g/mol. The smallest absolute Gasteiger partial charge is 0.224 e. The molecular weight excluding hydrogens is 368 g/mol. The highest BCUT2D eigenvalue weighted by molar-refractivity contribution is 5.90. The van der Waals surface area contributed by atoms with E-state index in [1.54, 1.807) is 32.8 Å². The molecule has 0 saturated carbocycles. The number of aromatic nitrogens is 2. The SMILES string of the molecule is COc1ccc(CCC(=O)Nc2ccc(NCc3cccnc3)nc2)cc1OC. The van der Waals surface area contributed by atoms with Gasteiger partial charge in [0, 0.05) is 25.4 Å². The van der Waals surface area contributed by atoms with E-state index < -0.39 is 0 Å². The topological polar surface area (TPSA) is 85.4 Å². The summed E-state index contributed by atoms with van der Waals surface area (Å²) < 4.78 is 10.5. The van der Waals surface area contributed by atoms with E-state index in [2.05, 4.69) is 20.6 Å². The molecule has 3 rings (SSSR count). The molecule has 0 aliphatic rings. The van der Waals surface area contributed by atoms with Gasteiger partial charge in [-0.3, -0.25) is 9.78 Å². The first-order valence-corrected chi connectivity index (χ1v) is 9.27. The van der Waals surface area contributed by atoms with Gasteiger partial charge in [-0.1, -0.05) is 12.1 Å². The number of aryl methyl sites for hydroxylation is 1. The second kappa shape index (κ2) is 10.1. The second-order valence-electron chi connectivity index (χ2n) is 6.38. The molecule has 7 heteroatoms. The number of amides is 1. The van der Waals surface area contributed by atoms with Gasteiger partial charge >= 0.3 is 0 Å². The minimum absolute atomic E-state index is 0.0716. The predicted octanol–water partition coefficient (Wildman–Crippen LogP) is 3.68. The zero-order valence-electron chi connectivity index (χ0n) is 16.5. The summed E-state index contributed by atoms with van der Waals surface area (Å²) in [6.45, 7) is 0.637. The Kier molecular flexibility index (Phi) is 7.00. The number of rotatable bonds is 9. The van der Waals surface area contributed by atoms with E-state index in [9.17, 15) is 4.79 Å². The predicted molar refractivity (Wildman–Crippen MR) is 112 cm³/mol. The normalized spacial score (nSPS) is 10.3. The van der Waals surface area contributed by atoms with Crippen molar-refractivity contribution in [3.8, 4) is 11.5 Å². The molecule has 29 heavy (non-hydrogen) atoms. The molecule has 1 amide bonds. The van der Waals surface area contributed by atoms with Gasteiger partial charge in [-0.25, -0.2) is 4.98 Å². The summed E-state index contributed by atoms with van der Waals surface area (Å²) >= 11 is 0. The Balaban J connectivity index is 1.48. The van der Waals surface area contributed by atoms with Crippen molar-refractivity contribution in [3.05, 3.63) is 72.2 Å². The Morgan fingerprint density at radius 3 is 2.55 bits per heavy atom. The number of hydrogen-bond acceptors (Lipinski definition) is 6. The average Bonchev–Trinajstić information content (AvgIpc) is 2.77. The van der Waals surface area contributed by atoms with Gasteiger partial charge in [0.1, 0.15) is 5.82 Å². The van der Waals surface area contributed by atoms with Gasteiger partial charge in [-0.15, -0.1) is 0 Å². The van der Waals surface area contributed by atoms with Crippen LogP contribution in [0.1, 0.15) is 17.5 Å². The molecule has 7 nitrogen and oxygen atoms in total. The van der Waals surface area contributed by atoms with Crippen LogP contribution in [0, 0.1) is 0 Å². The quantitative estimate of drug-likeness (QED) is 0.578. The van der Waals surface area contributed by atoms with E-state index in [1.807, 2.05) is 42.5 Å². The fraction of sp³-hybridized carbons (Fsp3) is 0.227. The Morgan fingerprint density at radius 2 is 1.86 bits per heavy atom. The van der Waals surface area contributed by atoms with Crippen molar-refractivity contribution in [1.82, 2.24) is 9.97 Å². The first kappa shape index (κ1) is 20.1. The lowest BCUT2D eigenvalue weighted by Crippen LogP contribution is -2.12. The largest absolute Gasteiger partial charge is 0.493 e. The highest BCUT2D eigenvalue weighted by Crippen LogP contribution is 2.28. The molecule has 0 spiro atoms. The molecule has 0 radical (unpaired) electrons. The summed E-state index contributed by atoms with van der Waals surface area (Å²) in [5.41, 5.74) is 2.74. The molecule has 2 heterocycles. The molecule has 0 aliphatic heterocycles. The van der Waals surface area contributed by atoms with Gasteiger partial charge in [-0.2, -0.15) is 0 Å². The summed E-state index contributed by atoms with van der Waals surface area (Å²) in [6.07, 6.45) is 6.14. The third-order valence-corrected chi connectivity index (χ3v) is 4.33. The number of pyridine rings is 2. The molecule has 2 N–H and O–H groups in total. The van der Waals surface area contributed by atoms with Crippen LogP contribution in [0.5, 0.6) is 11.5 Å². The summed E-state index contributed by atoms with van der Waals surface area (Å²) in [5.74, 6) is 1.99. The summed E-state index contributed by atoms with van der Waals surface area (Å²) in [5, 5.41) is 6.09.